The Morgan fingerprint density at radius 3 is 1.93 bits per heavy atom. The van der Waals surface area contributed by atoms with Crippen LogP contribution in [-0.2, 0) is 0 Å². The van der Waals surface area contributed by atoms with Crippen molar-refractivity contribution in [3.05, 3.63) is 21.2 Å². The molecule has 3 nitrogen and oxygen atoms in total. The largest absolute Gasteiger partial charge is 0.496 e. The van der Waals surface area contributed by atoms with Crippen molar-refractivity contribution in [3.8, 4) is 11.5 Å². The SMILES string of the molecule is COc1c(C)c(C)c(OC)c(C=O)c1Br. The predicted molar refractivity (Wildman–Crippen MR) is 62.1 cm³/mol. The van der Waals surface area contributed by atoms with Crippen LogP contribution in [0.4, 0.5) is 0 Å². The van der Waals surface area contributed by atoms with E-state index in [0.717, 1.165) is 17.4 Å². The second-order valence-corrected chi connectivity index (χ2v) is 3.96. The van der Waals surface area contributed by atoms with Gasteiger partial charge in [0, 0.05) is 0 Å². The van der Waals surface area contributed by atoms with Crippen molar-refractivity contribution < 1.29 is 14.3 Å². The molecular formula is C11H13BrO3. The number of halogens is 1. The van der Waals surface area contributed by atoms with Crippen molar-refractivity contribution in [2.45, 2.75) is 13.8 Å². The highest BCUT2D eigenvalue weighted by Gasteiger charge is 2.18. The van der Waals surface area contributed by atoms with Crippen molar-refractivity contribution in [1.82, 2.24) is 0 Å². The molecule has 15 heavy (non-hydrogen) atoms. The molecule has 0 aliphatic rings. The molecule has 0 spiro atoms. The van der Waals surface area contributed by atoms with Gasteiger partial charge in [0.05, 0.1) is 24.3 Å². The lowest BCUT2D eigenvalue weighted by atomic mass is 10.0. The number of ether oxygens (including phenoxy) is 2. The smallest absolute Gasteiger partial charge is 0.155 e. The minimum absolute atomic E-state index is 0.484. The predicted octanol–water partition coefficient (Wildman–Crippen LogP) is 2.90. The Morgan fingerprint density at radius 2 is 1.53 bits per heavy atom. The van der Waals surface area contributed by atoms with Gasteiger partial charge in [-0.3, -0.25) is 4.79 Å². The molecule has 0 fully saturated rings. The van der Waals surface area contributed by atoms with Crippen LogP contribution in [0.25, 0.3) is 0 Å². The molecule has 0 heterocycles. The third kappa shape index (κ3) is 1.86. The van der Waals surface area contributed by atoms with E-state index in [2.05, 4.69) is 15.9 Å². The first-order valence-electron chi connectivity index (χ1n) is 4.44. The van der Waals surface area contributed by atoms with E-state index in [-0.39, 0.29) is 0 Å². The normalized spacial score (nSPS) is 9.93. The Balaban J connectivity index is 3.64. The van der Waals surface area contributed by atoms with Crippen LogP contribution in [0, 0.1) is 13.8 Å². The van der Waals surface area contributed by atoms with E-state index in [1.807, 2.05) is 13.8 Å². The van der Waals surface area contributed by atoms with Gasteiger partial charge in [-0.25, -0.2) is 0 Å². The van der Waals surface area contributed by atoms with Crippen molar-refractivity contribution in [2.75, 3.05) is 14.2 Å². The lowest BCUT2D eigenvalue weighted by Gasteiger charge is -2.16. The van der Waals surface area contributed by atoms with Crippen LogP contribution in [-0.4, -0.2) is 20.5 Å². The van der Waals surface area contributed by atoms with E-state index in [1.165, 1.54) is 0 Å². The molecule has 0 aliphatic carbocycles. The summed E-state index contributed by atoms with van der Waals surface area (Å²) in [6.45, 7) is 3.83. The van der Waals surface area contributed by atoms with E-state index < -0.39 is 0 Å². The van der Waals surface area contributed by atoms with Crippen LogP contribution in [0.2, 0.25) is 0 Å². The number of carbonyl (C=O) groups excluding carboxylic acids is 1. The van der Waals surface area contributed by atoms with Crippen LogP contribution in [0.15, 0.2) is 4.47 Å². The molecule has 1 aromatic carbocycles. The van der Waals surface area contributed by atoms with Crippen molar-refractivity contribution in [1.29, 1.82) is 0 Å². The second kappa shape index (κ2) is 4.66. The van der Waals surface area contributed by atoms with Gasteiger partial charge in [-0.05, 0) is 40.9 Å². The summed E-state index contributed by atoms with van der Waals surface area (Å²) in [6, 6.07) is 0. The molecule has 0 saturated carbocycles. The maximum atomic E-state index is 11.0. The lowest BCUT2D eigenvalue weighted by molar-refractivity contribution is 0.111. The molecule has 0 bridgehead atoms. The summed E-state index contributed by atoms with van der Waals surface area (Å²) in [5.74, 6) is 1.27. The number of aldehydes is 1. The summed E-state index contributed by atoms with van der Waals surface area (Å²) in [5.41, 5.74) is 2.36. The van der Waals surface area contributed by atoms with E-state index in [9.17, 15) is 4.79 Å². The molecule has 0 unspecified atom stereocenters. The number of methoxy groups -OCH3 is 2. The summed E-state index contributed by atoms with van der Waals surface area (Å²) < 4.78 is 11.1. The summed E-state index contributed by atoms with van der Waals surface area (Å²) in [7, 11) is 3.13. The van der Waals surface area contributed by atoms with Crippen LogP contribution in [0.3, 0.4) is 0 Å². The Labute approximate surface area is 97.5 Å². The van der Waals surface area contributed by atoms with Gasteiger partial charge in [0.2, 0.25) is 0 Å². The van der Waals surface area contributed by atoms with Crippen LogP contribution < -0.4 is 9.47 Å². The summed E-state index contributed by atoms with van der Waals surface area (Å²) >= 11 is 3.34. The van der Waals surface area contributed by atoms with E-state index in [0.29, 0.717) is 21.5 Å². The van der Waals surface area contributed by atoms with Gasteiger partial charge in [-0.1, -0.05) is 0 Å². The van der Waals surface area contributed by atoms with Gasteiger partial charge < -0.3 is 9.47 Å². The zero-order valence-electron chi connectivity index (χ0n) is 9.18. The van der Waals surface area contributed by atoms with Crippen LogP contribution in [0.5, 0.6) is 11.5 Å². The van der Waals surface area contributed by atoms with E-state index in [1.54, 1.807) is 14.2 Å². The zero-order valence-corrected chi connectivity index (χ0v) is 10.8. The minimum atomic E-state index is 0.484. The van der Waals surface area contributed by atoms with Gasteiger partial charge in [0.1, 0.15) is 11.5 Å². The van der Waals surface area contributed by atoms with Gasteiger partial charge in [0.15, 0.2) is 6.29 Å². The Kier molecular flexibility index (Phi) is 3.74. The second-order valence-electron chi connectivity index (χ2n) is 3.16. The Bertz CT molecular complexity index is 400. The lowest BCUT2D eigenvalue weighted by Crippen LogP contribution is -2.01. The molecule has 0 radical (unpaired) electrons. The standard InChI is InChI=1S/C11H13BrO3/c1-6-7(2)11(15-4)9(12)8(5-13)10(6)14-3/h5H,1-4H3. The van der Waals surface area contributed by atoms with Gasteiger partial charge in [-0.15, -0.1) is 0 Å². The first-order chi connectivity index (χ1) is 7.08. The van der Waals surface area contributed by atoms with Gasteiger partial charge in [-0.2, -0.15) is 0 Å². The molecule has 0 saturated heterocycles. The third-order valence-electron chi connectivity index (χ3n) is 2.45. The van der Waals surface area contributed by atoms with Crippen molar-refractivity contribution in [2.24, 2.45) is 0 Å². The first kappa shape index (κ1) is 12.0. The van der Waals surface area contributed by atoms with E-state index >= 15 is 0 Å². The number of hydrogen-bond donors (Lipinski definition) is 0. The Hall–Kier alpha value is -1.03. The monoisotopic (exact) mass is 272 g/mol. The van der Waals surface area contributed by atoms with Gasteiger partial charge in [0.25, 0.3) is 0 Å². The first-order valence-corrected chi connectivity index (χ1v) is 5.23. The summed E-state index contributed by atoms with van der Waals surface area (Å²) in [6.07, 6.45) is 0.762. The quantitative estimate of drug-likeness (QED) is 0.794. The average molecular weight is 273 g/mol. The molecule has 0 aromatic heterocycles. The molecule has 0 atom stereocenters. The number of rotatable bonds is 3. The maximum absolute atomic E-state index is 11.0. The highest BCUT2D eigenvalue weighted by Crippen LogP contribution is 2.40. The number of hydrogen-bond acceptors (Lipinski definition) is 3. The number of benzene rings is 1. The third-order valence-corrected chi connectivity index (χ3v) is 3.24. The fourth-order valence-corrected chi connectivity index (χ4v) is 2.27. The highest BCUT2D eigenvalue weighted by atomic mass is 79.9. The molecule has 0 amide bonds. The fourth-order valence-electron chi connectivity index (χ4n) is 1.54. The van der Waals surface area contributed by atoms with Crippen molar-refractivity contribution in [3.63, 3.8) is 0 Å². The molecule has 1 rings (SSSR count). The topological polar surface area (TPSA) is 35.5 Å². The van der Waals surface area contributed by atoms with Crippen LogP contribution >= 0.6 is 15.9 Å². The van der Waals surface area contributed by atoms with Crippen molar-refractivity contribution >= 4 is 22.2 Å². The zero-order chi connectivity index (χ0) is 11.6. The summed E-state index contributed by atoms with van der Waals surface area (Å²) in [5, 5.41) is 0. The number of carbonyl (C=O) groups is 1. The molecular weight excluding hydrogens is 260 g/mol. The van der Waals surface area contributed by atoms with Gasteiger partial charge >= 0.3 is 0 Å². The maximum Gasteiger partial charge on any atom is 0.155 e. The average Bonchev–Trinajstić information content (AvgIpc) is 2.23. The molecule has 0 N–H and O–H groups in total. The molecule has 1 aromatic rings. The highest BCUT2D eigenvalue weighted by molar-refractivity contribution is 9.10. The minimum Gasteiger partial charge on any atom is -0.496 e. The van der Waals surface area contributed by atoms with Crippen LogP contribution in [0.1, 0.15) is 21.5 Å². The molecule has 82 valence electrons. The fraction of sp³-hybridized carbons (Fsp3) is 0.364. The molecule has 0 aliphatic heterocycles. The van der Waals surface area contributed by atoms with E-state index in [4.69, 9.17) is 9.47 Å². The Morgan fingerprint density at radius 1 is 1.07 bits per heavy atom. The molecule has 4 heteroatoms. The summed E-state index contributed by atoms with van der Waals surface area (Å²) in [4.78, 5) is 11.0.